The predicted molar refractivity (Wildman–Crippen MR) is 203 cm³/mol. The smallest absolute Gasteiger partial charge is 0.0886 e. The van der Waals surface area contributed by atoms with Gasteiger partial charge in [-0.3, -0.25) is 19.9 Å². The van der Waals surface area contributed by atoms with Crippen LogP contribution in [-0.4, -0.2) is 29.1 Å². The fourth-order valence-electron chi connectivity index (χ4n) is 7.23. The number of benzene rings is 4. The molecule has 0 saturated heterocycles. The summed E-state index contributed by atoms with van der Waals surface area (Å²) in [5, 5.41) is 4.78. The highest BCUT2D eigenvalue weighted by Crippen LogP contribution is 2.34. The lowest BCUT2D eigenvalue weighted by molar-refractivity contribution is 1.17. The molecule has 0 fully saturated rings. The highest BCUT2D eigenvalue weighted by Gasteiger charge is 2.14. The molecule has 10 rings (SSSR count). The summed E-state index contributed by atoms with van der Waals surface area (Å²) < 4.78 is 4.57. The molecule has 0 spiro atoms. The van der Waals surface area contributed by atoms with Gasteiger partial charge in [-0.15, -0.1) is 0 Å². The first-order valence-electron chi connectivity index (χ1n) is 16.6. The summed E-state index contributed by atoms with van der Waals surface area (Å²) >= 11 is 0. The fourth-order valence-corrected chi connectivity index (χ4v) is 7.23. The summed E-state index contributed by atoms with van der Waals surface area (Å²) in [6, 6.07) is 46.7. The van der Waals surface area contributed by atoms with Crippen molar-refractivity contribution in [3.05, 3.63) is 171 Å². The molecule has 0 atom stereocenters. The molecular weight excluding hydrogens is 613 g/mol. The van der Waals surface area contributed by atoms with Crippen molar-refractivity contribution in [3.63, 3.8) is 0 Å². The molecule has 10 aromatic rings. The van der Waals surface area contributed by atoms with Gasteiger partial charge in [0.05, 0.1) is 39.7 Å². The Morgan fingerprint density at radius 3 is 1.36 bits per heavy atom. The molecule has 50 heavy (non-hydrogen) atoms. The van der Waals surface area contributed by atoms with Crippen LogP contribution in [0.5, 0.6) is 0 Å². The second kappa shape index (κ2) is 11.4. The molecule has 0 bridgehead atoms. The zero-order valence-corrected chi connectivity index (χ0v) is 26.8. The van der Waals surface area contributed by atoms with Gasteiger partial charge in [-0.25, -0.2) is 0 Å². The minimum absolute atomic E-state index is 0.839. The van der Waals surface area contributed by atoms with Crippen molar-refractivity contribution in [2.45, 2.75) is 0 Å². The quantitative estimate of drug-likeness (QED) is 0.188. The van der Waals surface area contributed by atoms with Gasteiger partial charge in [-0.2, -0.15) is 0 Å². The minimum atomic E-state index is 0.839. The lowest BCUT2D eigenvalue weighted by atomic mass is 10.1. The first-order valence-corrected chi connectivity index (χ1v) is 16.6. The maximum atomic E-state index is 4.79. The highest BCUT2D eigenvalue weighted by atomic mass is 15.0. The summed E-state index contributed by atoms with van der Waals surface area (Å²) in [4.78, 5) is 18.4. The van der Waals surface area contributed by atoms with Crippen LogP contribution in [-0.2, 0) is 0 Å². The van der Waals surface area contributed by atoms with Crippen LogP contribution in [0.1, 0.15) is 0 Å². The average Bonchev–Trinajstić information content (AvgIpc) is 3.71. The molecule has 0 aliphatic carbocycles. The normalized spacial score (nSPS) is 11.6. The van der Waals surface area contributed by atoms with E-state index in [9.17, 15) is 0 Å². The second-order valence-electron chi connectivity index (χ2n) is 12.4. The van der Waals surface area contributed by atoms with Crippen molar-refractivity contribution in [2.75, 3.05) is 0 Å². The SMILES string of the molecule is c1ccc2c(c1)c1cnccc1n2-c1ccc(-c2ccc(-c3ccc(-c4ccc(-n5c6ccccc6c6ccncc65)cc4)cn3)nc2)cc1. The lowest BCUT2D eigenvalue weighted by Crippen LogP contribution is -1.94. The van der Waals surface area contributed by atoms with E-state index in [1.807, 2.05) is 49.3 Å². The molecule has 0 aliphatic rings. The van der Waals surface area contributed by atoms with Crippen LogP contribution < -0.4 is 0 Å². The zero-order valence-electron chi connectivity index (χ0n) is 26.8. The van der Waals surface area contributed by atoms with Gasteiger partial charge in [-0.1, -0.05) is 72.8 Å². The molecule has 0 unspecified atom stereocenters. The Morgan fingerprint density at radius 1 is 0.320 bits per heavy atom. The highest BCUT2D eigenvalue weighted by molar-refractivity contribution is 6.09. The minimum Gasteiger partial charge on any atom is -0.309 e. The standard InChI is InChI=1S/C44H28N6/c1-3-7-41-35(5-1)37-21-23-46-28-44(37)50(41)34-17-11-30(12-18-34)32-14-20-40(48-26-32)39-19-13-31(25-47-39)29-9-15-33(16-10-29)49-42-8-4-2-6-36(42)38-27-45-24-22-43(38)49/h1-28H. The van der Waals surface area contributed by atoms with Gasteiger partial charge in [0.15, 0.2) is 0 Å². The van der Waals surface area contributed by atoms with Crippen LogP contribution in [0.2, 0.25) is 0 Å². The monoisotopic (exact) mass is 640 g/mol. The number of pyridine rings is 4. The third-order valence-electron chi connectivity index (χ3n) is 9.66. The Hall–Kier alpha value is -6.92. The lowest BCUT2D eigenvalue weighted by Gasteiger charge is -2.10. The molecule has 6 heteroatoms. The number of para-hydroxylation sites is 2. The number of hydrogen-bond donors (Lipinski definition) is 0. The molecule has 6 aromatic heterocycles. The van der Waals surface area contributed by atoms with Gasteiger partial charge in [0.1, 0.15) is 0 Å². The molecule has 0 N–H and O–H groups in total. The topological polar surface area (TPSA) is 61.4 Å². The maximum absolute atomic E-state index is 4.79. The Bertz CT molecular complexity index is 2520. The van der Waals surface area contributed by atoms with Gasteiger partial charge < -0.3 is 9.13 Å². The molecular formula is C44H28N6. The number of rotatable bonds is 5. The molecule has 0 amide bonds. The van der Waals surface area contributed by atoms with Crippen LogP contribution in [0, 0.1) is 0 Å². The Morgan fingerprint density at radius 2 is 0.780 bits per heavy atom. The molecule has 0 radical (unpaired) electrons. The first kappa shape index (κ1) is 28.1. The van der Waals surface area contributed by atoms with Gasteiger partial charge in [0, 0.05) is 75.0 Å². The Labute approximate surface area is 287 Å². The largest absolute Gasteiger partial charge is 0.309 e. The third kappa shape index (κ3) is 4.50. The summed E-state index contributed by atoms with van der Waals surface area (Å²) in [6.07, 6.45) is 11.4. The van der Waals surface area contributed by atoms with Crippen molar-refractivity contribution < 1.29 is 0 Å². The van der Waals surface area contributed by atoms with Gasteiger partial charge in [-0.05, 0) is 71.8 Å². The van der Waals surface area contributed by atoms with Crippen LogP contribution >= 0.6 is 0 Å². The third-order valence-corrected chi connectivity index (χ3v) is 9.66. The molecule has 4 aromatic carbocycles. The zero-order chi connectivity index (χ0) is 33.0. The van der Waals surface area contributed by atoms with Gasteiger partial charge in [0.25, 0.3) is 0 Å². The fraction of sp³-hybridized carbons (Fsp3) is 0. The number of aromatic nitrogens is 6. The summed E-state index contributed by atoms with van der Waals surface area (Å²) in [6.45, 7) is 0. The van der Waals surface area contributed by atoms with Crippen LogP contribution in [0.25, 0.3) is 88.6 Å². The van der Waals surface area contributed by atoms with Crippen LogP contribution in [0.15, 0.2) is 171 Å². The van der Waals surface area contributed by atoms with Gasteiger partial charge >= 0.3 is 0 Å². The van der Waals surface area contributed by atoms with E-state index < -0.39 is 0 Å². The van der Waals surface area contributed by atoms with E-state index >= 15 is 0 Å². The predicted octanol–water partition coefficient (Wildman–Crippen LogP) is 10.5. The average molecular weight is 641 g/mol. The van der Waals surface area contributed by atoms with Crippen molar-refractivity contribution in [3.8, 4) is 45.0 Å². The molecule has 234 valence electrons. The van der Waals surface area contributed by atoms with E-state index in [2.05, 4.69) is 140 Å². The number of nitrogens with zero attached hydrogens (tertiary/aromatic N) is 6. The van der Waals surface area contributed by atoms with Crippen molar-refractivity contribution in [1.82, 2.24) is 29.1 Å². The van der Waals surface area contributed by atoms with E-state index in [-0.39, 0.29) is 0 Å². The van der Waals surface area contributed by atoms with E-state index in [1.165, 1.54) is 27.2 Å². The Kier molecular flexibility index (Phi) is 6.39. The first-order chi connectivity index (χ1) is 24.8. The second-order valence-corrected chi connectivity index (χ2v) is 12.4. The molecule has 0 saturated carbocycles. The van der Waals surface area contributed by atoms with E-state index in [4.69, 9.17) is 9.97 Å². The van der Waals surface area contributed by atoms with Crippen LogP contribution in [0.3, 0.4) is 0 Å². The summed E-state index contributed by atoms with van der Waals surface area (Å²) in [5.74, 6) is 0. The van der Waals surface area contributed by atoms with Crippen molar-refractivity contribution in [2.24, 2.45) is 0 Å². The van der Waals surface area contributed by atoms with Crippen molar-refractivity contribution >= 4 is 43.6 Å². The summed E-state index contributed by atoms with van der Waals surface area (Å²) in [5.41, 5.74) is 12.8. The molecule has 0 aliphatic heterocycles. The Balaban J connectivity index is 0.893. The summed E-state index contributed by atoms with van der Waals surface area (Å²) in [7, 11) is 0. The molecule has 6 heterocycles. The number of fused-ring (bicyclic) bond motifs is 6. The van der Waals surface area contributed by atoms with Crippen molar-refractivity contribution in [1.29, 1.82) is 0 Å². The van der Waals surface area contributed by atoms with E-state index in [0.717, 1.165) is 61.4 Å². The van der Waals surface area contributed by atoms with Gasteiger partial charge in [0.2, 0.25) is 0 Å². The van der Waals surface area contributed by atoms with E-state index in [1.54, 1.807) is 0 Å². The number of hydrogen-bond acceptors (Lipinski definition) is 4. The maximum Gasteiger partial charge on any atom is 0.0886 e. The van der Waals surface area contributed by atoms with E-state index in [0.29, 0.717) is 0 Å². The van der Waals surface area contributed by atoms with Crippen LogP contribution in [0.4, 0.5) is 0 Å². The molecule has 6 nitrogen and oxygen atoms in total.